The normalized spacial score (nSPS) is 13.8. The van der Waals surface area contributed by atoms with Crippen molar-refractivity contribution in [1.29, 1.82) is 0 Å². The van der Waals surface area contributed by atoms with Crippen molar-refractivity contribution in [3.63, 3.8) is 0 Å². The zero-order chi connectivity index (χ0) is 9.26. The minimum absolute atomic E-state index is 0.205. The SMILES string of the molecule is OC(O)Cc1ccc2c(c1)OCO2. The number of ether oxygens (including phenoxy) is 2. The highest BCUT2D eigenvalue weighted by Crippen LogP contribution is 2.32. The molecule has 0 saturated carbocycles. The molecule has 70 valence electrons. The van der Waals surface area contributed by atoms with Gasteiger partial charge in [-0.2, -0.15) is 0 Å². The summed E-state index contributed by atoms with van der Waals surface area (Å²) in [5, 5.41) is 17.5. The minimum Gasteiger partial charge on any atom is -0.454 e. The first-order chi connectivity index (χ1) is 6.25. The molecule has 0 amide bonds. The predicted molar refractivity (Wildman–Crippen MR) is 44.5 cm³/mol. The van der Waals surface area contributed by atoms with Crippen LogP contribution in [-0.4, -0.2) is 23.3 Å². The summed E-state index contributed by atoms with van der Waals surface area (Å²) in [6.45, 7) is 0.237. The van der Waals surface area contributed by atoms with E-state index in [2.05, 4.69) is 0 Å². The van der Waals surface area contributed by atoms with Crippen LogP contribution in [0.5, 0.6) is 11.5 Å². The summed E-state index contributed by atoms with van der Waals surface area (Å²) in [6.07, 6.45) is -1.11. The van der Waals surface area contributed by atoms with E-state index in [-0.39, 0.29) is 13.2 Å². The van der Waals surface area contributed by atoms with E-state index in [1.54, 1.807) is 18.2 Å². The Morgan fingerprint density at radius 1 is 1.23 bits per heavy atom. The molecule has 0 aliphatic carbocycles. The fourth-order valence-electron chi connectivity index (χ4n) is 1.28. The lowest BCUT2D eigenvalue weighted by Crippen LogP contribution is -2.07. The molecule has 13 heavy (non-hydrogen) atoms. The van der Waals surface area contributed by atoms with E-state index in [0.29, 0.717) is 11.5 Å². The summed E-state index contributed by atoms with van der Waals surface area (Å²) in [5.74, 6) is 1.37. The summed E-state index contributed by atoms with van der Waals surface area (Å²) in [5.41, 5.74) is 0.819. The van der Waals surface area contributed by atoms with Crippen LogP contribution in [-0.2, 0) is 6.42 Å². The maximum Gasteiger partial charge on any atom is 0.231 e. The molecule has 1 aliphatic rings. The van der Waals surface area contributed by atoms with Crippen molar-refractivity contribution in [2.24, 2.45) is 0 Å². The largest absolute Gasteiger partial charge is 0.454 e. The van der Waals surface area contributed by atoms with Gasteiger partial charge in [-0.3, -0.25) is 0 Å². The molecule has 0 spiro atoms. The third-order valence-corrected chi connectivity index (χ3v) is 1.86. The van der Waals surface area contributed by atoms with E-state index in [0.717, 1.165) is 5.56 Å². The van der Waals surface area contributed by atoms with E-state index in [1.165, 1.54) is 0 Å². The van der Waals surface area contributed by atoms with Crippen molar-refractivity contribution >= 4 is 0 Å². The number of aliphatic hydroxyl groups excluding tert-OH is 1. The average Bonchev–Trinajstić information content (AvgIpc) is 2.49. The molecule has 0 radical (unpaired) electrons. The third-order valence-electron chi connectivity index (χ3n) is 1.86. The van der Waals surface area contributed by atoms with Gasteiger partial charge in [0.1, 0.15) is 0 Å². The molecule has 1 aromatic rings. The fraction of sp³-hybridized carbons (Fsp3) is 0.333. The third kappa shape index (κ3) is 1.74. The number of aliphatic hydroxyl groups is 2. The van der Waals surface area contributed by atoms with Gasteiger partial charge < -0.3 is 19.7 Å². The Hall–Kier alpha value is -1.26. The predicted octanol–water partition coefficient (Wildman–Crippen LogP) is 0.268. The van der Waals surface area contributed by atoms with Crippen LogP contribution in [0.25, 0.3) is 0 Å². The highest BCUT2D eigenvalue weighted by molar-refractivity contribution is 5.44. The lowest BCUT2D eigenvalue weighted by atomic mass is 10.1. The summed E-state index contributed by atoms with van der Waals surface area (Å²) in [6, 6.07) is 5.30. The maximum atomic E-state index is 8.74. The van der Waals surface area contributed by atoms with Crippen molar-refractivity contribution < 1.29 is 19.7 Å². The zero-order valence-electron chi connectivity index (χ0n) is 6.93. The first kappa shape index (κ1) is 8.34. The van der Waals surface area contributed by atoms with Crippen molar-refractivity contribution in [3.05, 3.63) is 23.8 Å². The Morgan fingerprint density at radius 3 is 2.77 bits per heavy atom. The van der Waals surface area contributed by atoms with Crippen molar-refractivity contribution in [2.75, 3.05) is 6.79 Å². The van der Waals surface area contributed by atoms with E-state index >= 15 is 0 Å². The van der Waals surface area contributed by atoms with Gasteiger partial charge in [0, 0.05) is 6.42 Å². The van der Waals surface area contributed by atoms with Gasteiger partial charge in [-0.1, -0.05) is 6.07 Å². The number of fused-ring (bicyclic) bond motifs is 1. The molecular formula is C9H10O4. The molecule has 0 atom stereocenters. The molecular weight excluding hydrogens is 172 g/mol. The van der Waals surface area contributed by atoms with Gasteiger partial charge in [-0.25, -0.2) is 0 Å². The molecule has 0 aromatic heterocycles. The van der Waals surface area contributed by atoms with Crippen LogP contribution in [0.3, 0.4) is 0 Å². The minimum atomic E-state index is -1.32. The first-order valence-corrected chi connectivity index (χ1v) is 4.00. The molecule has 4 nitrogen and oxygen atoms in total. The van der Waals surface area contributed by atoms with Gasteiger partial charge in [-0.05, 0) is 17.7 Å². The molecule has 0 saturated heterocycles. The Morgan fingerprint density at radius 2 is 2.00 bits per heavy atom. The molecule has 2 rings (SSSR count). The number of benzene rings is 1. The van der Waals surface area contributed by atoms with Crippen LogP contribution in [0.15, 0.2) is 18.2 Å². The van der Waals surface area contributed by atoms with Gasteiger partial charge in [0.2, 0.25) is 6.79 Å². The van der Waals surface area contributed by atoms with Gasteiger partial charge in [-0.15, -0.1) is 0 Å². The number of hydrogen-bond donors (Lipinski definition) is 2. The molecule has 0 fully saturated rings. The molecule has 4 heteroatoms. The van der Waals surface area contributed by atoms with E-state index < -0.39 is 6.29 Å². The second-order valence-corrected chi connectivity index (χ2v) is 2.87. The van der Waals surface area contributed by atoms with Crippen LogP contribution < -0.4 is 9.47 Å². The highest BCUT2D eigenvalue weighted by Gasteiger charge is 2.13. The van der Waals surface area contributed by atoms with Crippen LogP contribution >= 0.6 is 0 Å². The van der Waals surface area contributed by atoms with Gasteiger partial charge in [0.05, 0.1) is 0 Å². The van der Waals surface area contributed by atoms with Crippen LogP contribution in [0.4, 0.5) is 0 Å². The first-order valence-electron chi connectivity index (χ1n) is 4.00. The smallest absolute Gasteiger partial charge is 0.231 e. The van der Waals surface area contributed by atoms with Gasteiger partial charge >= 0.3 is 0 Å². The van der Waals surface area contributed by atoms with Crippen molar-refractivity contribution in [3.8, 4) is 11.5 Å². The summed E-state index contributed by atoms with van der Waals surface area (Å²) >= 11 is 0. The zero-order valence-corrected chi connectivity index (χ0v) is 6.93. The maximum absolute atomic E-state index is 8.74. The van der Waals surface area contributed by atoms with E-state index in [9.17, 15) is 0 Å². The summed E-state index contributed by atoms with van der Waals surface area (Å²) in [4.78, 5) is 0. The Labute approximate surface area is 75.3 Å². The molecule has 0 bridgehead atoms. The summed E-state index contributed by atoms with van der Waals surface area (Å²) < 4.78 is 10.2. The molecule has 1 heterocycles. The standard InChI is InChI=1S/C9H10O4/c10-9(11)4-6-1-2-7-8(3-6)13-5-12-7/h1-3,9-11H,4-5H2. The molecule has 2 N–H and O–H groups in total. The van der Waals surface area contributed by atoms with Crippen molar-refractivity contribution in [2.45, 2.75) is 12.7 Å². The summed E-state index contributed by atoms with van der Waals surface area (Å²) in [7, 11) is 0. The number of rotatable bonds is 2. The molecule has 1 aliphatic heterocycles. The van der Waals surface area contributed by atoms with Gasteiger partial charge in [0.15, 0.2) is 17.8 Å². The lowest BCUT2D eigenvalue weighted by molar-refractivity contribution is -0.0381. The van der Waals surface area contributed by atoms with Gasteiger partial charge in [0.25, 0.3) is 0 Å². The number of hydrogen-bond acceptors (Lipinski definition) is 4. The van der Waals surface area contributed by atoms with E-state index in [1.807, 2.05) is 0 Å². The average molecular weight is 182 g/mol. The fourth-order valence-corrected chi connectivity index (χ4v) is 1.28. The van der Waals surface area contributed by atoms with Crippen LogP contribution in [0.2, 0.25) is 0 Å². The highest BCUT2D eigenvalue weighted by atomic mass is 16.7. The lowest BCUT2D eigenvalue weighted by Gasteiger charge is -2.04. The molecule has 1 aromatic carbocycles. The van der Waals surface area contributed by atoms with Crippen molar-refractivity contribution in [1.82, 2.24) is 0 Å². The Bertz CT molecular complexity index is 308. The van der Waals surface area contributed by atoms with Crippen LogP contribution in [0.1, 0.15) is 5.56 Å². The Balaban J connectivity index is 2.21. The quantitative estimate of drug-likeness (QED) is 0.644. The van der Waals surface area contributed by atoms with Crippen LogP contribution in [0, 0.1) is 0 Å². The molecule has 0 unspecified atom stereocenters. The Kier molecular flexibility index (Phi) is 2.08. The topological polar surface area (TPSA) is 58.9 Å². The second kappa shape index (κ2) is 3.24. The second-order valence-electron chi connectivity index (χ2n) is 2.87. The van der Waals surface area contributed by atoms with E-state index in [4.69, 9.17) is 19.7 Å². The monoisotopic (exact) mass is 182 g/mol.